The van der Waals surface area contributed by atoms with E-state index in [1.165, 1.54) is 18.2 Å². The van der Waals surface area contributed by atoms with Crippen molar-refractivity contribution >= 4 is 17.5 Å². The fourth-order valence-electron chi connectivity index (χ4n) is 3.01. The van der Waals surface area contributed by atoms with E-state index in [1.807, 2.05) is 0 Å². The van der Waals surface area contributed by atoms with E-state index >= 15 is 0 Å². The second-order valence-electron chi connectivity index (χ2n) is 6.43. The molecule has 1 fully saturated rings. The number of carbonyl (C=O) groups excluding carboxylic acids is 2. The molecule has 146 valence electrons. The van der Waals surface area contributed by atoms with Gasteiger partial charge in [0.25, 0.3) is 11.8 Å². The zero-order valence-electron chi connectivity index (χ0n) is 14.8. The Balaban J connectivity index is 1.80. The number of rotatable bonds is 6. The van der Waals surface area contributed by atoms with Crippen molar-refractivity contribution in [2.24, 2.45) is 0 Å². The number of para-hydroxylation sites is 1. The number of halogens is 3. The minimum atomic E-state index is -4.52. The first kappa shape index (κ1) is 20.7. The van der Waals surface area contributed by atoms with E-state index < -0.39 is 17.6 Å². The van der Waals surface area contributed by atoms with Crippen LogP contribution in [0.25, 0.3) is 0 Å². The molecule has 0 spiro atoms. The summed E-state index contributed by atoms with van der Waals surface area (Å²) in [7, 11) is 0. The van der Waals surface area contributed by atoms with Gasteiger partial charge < -0.3 is 20.4 Å². The average Bonchev–Trinajstić information content (AvgIpc) is 2.61. The highest BCUT2D eigenvalue weighted by Crippen LogP contribution is 2.34. The molecular weight excluding hydrogens is 361 g/mol. The summed E-state index contributed by atoms with van der Waals surface area (Å²) in [6.45, 7) is 3.32. The third-order valence-corrected chi connectivity index (χ3v) is 4.38. The van der Waals surface area contributed by atoms with Gasteiger partial charge in [-0.2, -0.15) is 13.2 Å². The molecule has 0 bridgehead atoms. The third-order valence-electron chi connectivity index (χ3n) is 4.38. The number of anilines is 1. The van der Waals surface area contributed by atoms with Gasteiger partial charge in [-0.1, -0.05) is 18.1 Å². The summed E-state index contributed by atoms with van der Waals surface area (Å²) in [5.41, 5.74) is -1.09. The van der Waals surface area contributed by atoms with E-state index in [0.29, 0.717) is 32.7 Å². The lowest BCUT2D eigenvalue weighted by Gasteiger charge is -2.29. The van der Waals surface area contributed by atoms with Crippen LogP contribution in [0, 0.1) is 12.3 Å². The maximum absolute atomic E-state index is 13.0. The van der Waals surface area contributed by atoms with Crippen LogP contribution in [0.2, 0.25) is 0 Å². The molecule has 0 aromatic heterocycles. The first-order chi connectivity index (χ1) is 12.8. The maximum atomic E-state index is 13.0. The molecule has 0 unspecified atom stereocenters. The number of hydrogen-bond donors (Lipinski definition) is 4. The van der Waals surface area contributed by atoms with Crippen molar-refractivity contribution in [2.45, 2.75) is 6.18 Å². The highest BCUT2D eigenvalue weighted by Gasteiger charge is 2.34. The molecule has 0 radical (unpaired) electrons. The number of quaternary nitrogens is 2. The van der Waals surface area contributed by atoms with E-state index in [1.54, 1.807) is 0 Å². The number of amides is 2. The van der Waals surface area contributed by atoms with Gasteiger partial charge in [-0.3, -0.25) is 9.59 Å². The molecule has 6 nitrogen and oxygen atoms in total. The van der Waals surface area contributed by atoms with E-state index in [9.17, 15) is 22.8 Å². The molecule has 27 heavy (non-hydrogen) atoms. The Bertz CT molecular complexity index is 707. The van der Waals surface area contributed by atoms with Crippen molar-refractivity contribution < 1.29 is 32.6 Å². The molecule has 9 heteroatoms. The second kappa shape index (κ2) is 9.39. The fraction of sp³-hybridized carbons (Fsp3) is 0.444. The lowest BCUT2D eigenvalue weighted by atomic mass is 10.1. The topological polar surface area (TPSA) is 67.1 Å². The number of terminal acetylenes is 1. The Labute approximate surface area is 155 Å². The quantitative estimate of drug-likeness (QED) is 0.437. The van der Waals surface area contributed by atoms with Crippen molar-refractivity contribution in [1.82, 2.24) is 5.32 Å². The second-order valence-corrected chi connectivity index (χ2v) is 6.43. The maximum Gasteiger partial charge on any atom is 0.418 e. The molecular formula is C18H23F3N4O2+2. The van der Waals surface area contributed by atoms with Gasteiger partial charge in [0, 0.05) is 0 Å². The Morgan fingerprint density at radius 2 is 1.59 bits per heavy atom. The van der Waals surface area contributed by atoms with Gasteiger partial charge in [-0.25, -0.2) is 0 Å². The molecule has 1 aliphatic rings. The number of hydrogen-bond acceptors (Lipinski definition) is 2. The molecule has 1 aromatic carbocycles. The number of nitrogens with one attached hydrogen (secondary N) is 4. The zero-order chi connectivity index (χ0) is 19.9. The van der Waals surface area contributed by atoms with E-state index in [-0.39, 0.29) is 24.7 Å². The molecule has 1 aromatic rings. The van der Waals surface area contributed by atoms with Crippen LogP contribution in [0.3, 0.4) is 0 Å². The van der Waals surface area contributed by atoms with Crippen LogP contribution >= 0.6 is 0 Å². The highest BCUT2D eigenvalue weighted by atomic mass is 19.4. The fourth-order valence-corrected chi connectivity index (χ4v) is 3.01. The first-order valence-electron chi connectivity index (χ1n) is 8.63. The van der Waals surface area contributed by atoms with Crippen molar-refractivity contribution in [2.75, 3.05) is 51.1 Å². The Kier molecular flexibility index (Phi) is 7.21. The van der Waals surface area contributed by atoms with Crippen molar-refractivity contribution in [1.29, 1.82) is 0 Å². The van der Waals surface area contributed by atoms with Crippen molar-refractivity contribution in [3.05, 3.63) is 29.8 Å². The van der Waals surface area contributed by atoms with E-state index in [0.717, 1.165) is 15.9 Å². The summed E-state index contributed by atoms with van der Waals surface area (Å²) in [5.74, 6) is 1.76. The van der Waals surface area contributed by atoms with Crippen LogP contribution in [0.15, 0.2) is 24.3 Å². The predicted octanol–water partition coefficient (Wildman–Crippen LogP) is -1.82. The Hall–Kier alpha value is -2.57. The van der Waals surface area contributed by atoms with Gasteiger partial charge in [0.2, 0.25) is 0 Å². The minimum Gasteiger partial charge on any atom is -0.340 e. The lowest BCUT2D eigenvalue weighted by Crippen LogP contribution is -3.28. The molecule has 0 saturated carbocycles. The van der Waals surface area contributed by atoms with E-state index in [2.05, 4.69) is 16.6 Å². The van der Waals surface area contributed by atoms with Crippen LogP contribution in [0.5, 0.6) is 0 Å². The smallest absolute Gasteiger partial charge is 0.340 e. The minimum absolute atomic E-state index is 0.0861. The van der Waals surface area contributed by atoms with Crippen LogP contribution < -0.4 is 20.4 Å². The van der Waals surface area contributed by atoms with Crippen LogP contribution in [-0.4, -0.2) is 57.6 Å². The van der Waals surface area contributed by atoms with Gasteiger partial charge in [0.1, 0.15) is 26.2 Å². The molecule has 0 atom stereocenters. The Morgan fingerprint density at radius 3 is 2.15 bits per heavy atom. The van der Waals surface area contributed by atoms with Crippen LogP contribution in [0.4, 0.5) is 18.9 Å². The van der Waals surface area contributed by atoms with Crippen LogP contribution in [0.1, 0.15) is 5.56 Å². The third kappa shape index (κ3) is 6.58. The normalized spacial score (nSPS) is 19.8. The standard InChI is InChI=1S/C18H21F3N4O2/c1-2-7-22-16(26)12-24-8-10-25(11-9-24)13-17(27)23-15-6-4-3-5-14(15)18(19,20)21/h1,3-6H,7-13H2,(H,22,26)(H,23,27)/p+2. The number of carbonyl (C=O) groups is 2. The van der Waals surface area contributed by atoms with Gasteiger partial charge in [-0.15, -0.1) is 6.42 Å². The summed E-state index contributed by atoms with van der Waals surface area (Å²) in [5, 5.41) is 4.97. The van der Waals surface area contributed by atoms with Gasteiger partial charge in [0.15, 0.2) is 13.1 Å². The molecule has 4 N–H and O–H groups in total. The SMILES string of the molecule is C#CCNC(=O)C[NH+]1CC[NH+](CC(=O)Nc2ccccc2C(F)(F)F)CC1. The van der Waals surface area contributed by atoms with Gasteiger partial charge in [-0.05, 0) is 12.1 Å². The largest absolute Gasteiger partial charge is 0.418 e. The predicted molar refractivity (Wildman–Crippen MR) is 93.0 cm³/mol. The highest BCUT2D eigenvalue weighted by molar-refractivity contribution is 5.92. The summed E-state index contributed by atoms with van der Waals surface area (Å²) >= 11 is 0. The van der Waals surface area contributed by atoms with Gasteiger partial charge in [0.05, 0.1) is 17.8 Å². The zero-order valence-corrected chi connectivity index (χ0v) is 14.8. The monoisotopic (exact) mass is 384 g/mol. The molecule has 0 aliphatic carbocycles. The molecule has 1 saturated heterocycles. The Morgan fingerprint density at radius 1 is 1.04 bits per heavy atom. The number of piperazine rings is 1. The summed E-state index contributed by atoms with van der Waals surface area (Å²) in [6, 6.07) is 4.92. The van der Waals surface area contributed by atoms with Crippen LogP contribution in [-0.2, 0) is 15.8 Å². The summed E-state index contributed by atoms with van der Waals surface area (Å²) in [4.78, 5) is 25.9. The molecule has 2 amide bonds. The van der Waals surface area contributed by atoms with Crippen molar-refractivity contribution in [3.63, 3.8) is 0 Å². The number of alkyl halides is 3. The lowest BCUT2D eigenvalue weighted by molar-refractivity contribution is -1.00. The van der Waals surface area contributed by atoms with E-state index in [4.69, 9.17) is 6.42 Å². The summed E-state index contributed by atoms with van der Waals surface area (Å²) in [6.07, 6.45) is 0.566. The molecule has 2 rings (SSSR count). The number of benzene rings is 1. The molecule has 1 heterocycles. The average molecular weight is 384 g/mol. The van der Waals surface area contributed by atoms with Gasteiger partial charge >= 0.3 is 6.18 Å². The summed E-state index contributed by atoms with van der Waals surface area (Å²) < 4.78 is 38.9. The first-order valence-corrected chi connectivity index (χ1v) is 8.63. The molecule has 1 aliphatic heterocycles. The van der Waals surface area contributed by atoms with Crippen molar-refractivity contribution in [3.8, 4) is 12.3 Å².